The van der Waals surface area contributed by atoms with E-state index < -0.39 is 0 Å². The molecule has 3 nitrogen and oxygen atoms in total. The third-order valence-corrected chi connectivity index (χ3v) is 7.79. The van der Waals surface area contributed by atoms with Crippen LogP contribution >= 0.6 is 0 Å². The van der Waals surface area contributed by atoms with E-state index >= 15 is 0 Å². The molecule has 0 aliphatic rings. The monoisotopic (exact) mass is 513 g/mol. The number of fused-ring (bicyclic) bond motifs is 3. The fraction of sp³-hybridized carbons (Fsp3) is 0.0541. The molecule has 7 aromatic rings. The second-order valence-electron chi connectivity index (χ2n) is 10.2. The van der Waals surface area contributed by atoms with Crippen molar-refractivity contribution < 1.29 is 0 Å². The van der Waals surface area contributed by atoms with Gasteiger partial charge in [-0.2, -0.15) is 0 Å². The molecule has 190 valence electrons. The van der Waals surface area contributed by atoms with Gasteiger partial charge in [-0.3, -0.25) is 15.0 Å². The van der Waals surface area contributed by atoms with Crippen molar-refractivity contribution in [1.29, 1.82) is 0 Å². The summed E-state index contributed by atoms with van der Waals surface area (Å²) in [6, 6.07) is 36.5. The zero-order chi connectivity index (χ0) is 27.1. The zero-order valence-corrected chi connectivity index (χ0v) is 22.5. The molecule has 3 heterocycles. The van der Waals surface area contributed by atoms with Crippen LogP contribution in [-0.4, -0.2) is 15.0 Å². The topological polar surface area (TPSA) is 38.7 Å². The van der Waals surface area contributed by atoms with Crippen LogP contribution in [0.2, 0.25) is 0 Å². The minimum Gasteiger partial charge on any atom is -0.264 e. The van der Waals surface area contributed by atoms with Crippen LogP contribution in [0, 0.1) is 13.8 Å². The first-order valence-electron chi connectivity index (χ1n) is 13.5. The second kappa shape index (κ2) is 9.87. The fourth-order valence-electron chi connectivity index (χ4n) is 5.86. The van der Waals surface area contributed by atoms with Crippen molar-refractivity contribution in [2.45, 2.75) is 13.8 Å². The predicted molar refractivity (Wildman–Crippen MR) is 166 cm³/mol. The van der Waals surface area contributed by atoms with Crippen LogP contribution in [0.5, 0.6) is 0 Å². The smallest absolute Gasteiger partial charge is 0.0714 e. The fourth-order valence-corrected chi connectivity index (χ4v) is 5.86. The molecule has 0 amide bonds. The molecular formula is C37H27N3. The van der Waals surface area contributed by atoms with E-state index in [4.69, 9.17) is 4.98 Å². The molecule has 0 spiro atoms. The lowest BCUT2D eigenvalue weighted by atomic mass is 9.86. The van der Waals surface area contributed by atoms with Gasteiger partial charge < -0.3 is 0 Å². The van der Waals surface area contributed by atoms with Crippen LogP contribution in [0.4, 0.5) is 0 Å². The van der Waals surface area contributed by atoms with Gasteiger partial charge in [0.05, 0.1) is 11.2 Å². The Morgan fingerprint density at radius 3 is 2.20 bits per heavy atom. The van der Waals surface area contributed by atoms with Crippen molar-refractivity contribution in [2.75, 3.05) is 0 Å². The van der Waals surface area contributed by atoms with Gasteiger partial charge in [0.2, 0.25) is 0 Å². The van der Waals surface area contributed by atoms with E-state index in [-0.39, 0.29) is 0 Å². The first kappa shape index (κ1) is 23.9. The Morgan fingerprint density at radius 1 is 0.500 bits per heavy atom. The number of benzene rings is 4. The Kier molecular flexibility index (Phi) is 5.90. The van der Waals surface area contributed by atoms with Crippen LogP contribution in [0.15, 0.2) is 128 Å². The molecule has 40 heavy (non-hydrogen) atoms. The lowest BCUT2D eigenvalue weighted by Gasteiger charge is -2.18. The van der Waals surface area contributed by atoms with Gasteiger partial charge in [0.15, 0.2) is 0 Å². The van der Waals surface area contributed by atoms with Crippen molar-refractivity contribution in [3.63, 3.8) is 0 Å². The van der Waals surface area contributed by atoms with Crippen LogP contribution in [-0.2, 0) is 0 Å². The maximum Gasteiger partial charge on any atom is 0.0714 e. The molecule has 0 aliphatic heterocycles. The first-order chi connectivity index (χ1) is 19.7. The Labute approximate surface area is 233 Å². The standard InChI is InChI=1S/C37H27N3/c1-24-13-15-30(25(2)37(24)28-9-5-8-27(20-28)35-12-3-4-18-39-35)34-22-36-32(11-7-19-40-36)31-16-14-26(21-33(31)34)29-10-6-17-38-23-29/h3-23H,1-2H3. The number of pyridine rings is 3. The van der Waals surface area contributed by atoms with Gasteiger partial charge in [0, 0.05) is 41.3 Å². The highest BCUT2D eigenvalue weighted by molar-refractivity contribution is 6.14. The third-order valence-electron chi connectivity index (χ3n) is 7.79. The van der Waals surface area contributed by atoms with Crippen LogP contribution in [0.1, 0.15) is 11.1 Å². The predicted octanol–water partition coefficient (Wildman–Crippen LogP) is 9.46. The van der Waals surface area contributed by atoms with Crippen molar-refractivity contribution in [3.05, 3.63) is 139 Å². The highest BCUT2D eigenvalue weighted by atomic mass is 14.7. The SMILES string of the molecule is Cc1ccc(-c2cc3ncccc3c3ccc(-c4cccnc4)cc23)c(C)c1-c1cccc(-c2ccccn2)c1. The Bertz CT molecular complexity index is 2010. The van der Waals surface area contributed by atoms with Gasteiger partial charge in [-0.05, 0) is 106 Å². The molecule has 7 rings (SSSR count). The van der Waals surface area contributed by atoms with Gasteiger partial charge in [-0.1, -0.05) is 60.7 Å². The lowest BCUT2D eigenvalue weighted by Crippen LogP contribution is -1.95. The molecule has 0 saturated heterocycles. The van der Waals surface area contributed by atoms with Crippen molar-refractivity contribution >= 4 is 21.7 Å². The van der Waals surface area contributed by atoms with Crippen LogP contribution in [0.25, 0.3) is 66.3 Å². The van der Waals surface area contributed by atoms with E-state index in [2.05, 4.69) is 103 Å². The first-order valence-corrected chi connectivity index (χ1v) is 13.5. The second-order valence-corrected chi connectivity index (χ2v) is 10.2. The molecule has 0 saturated carbocycles. The molecule has 0 radical (unpaired) electrons. The van der Waals surface area contributed by atoms with E-state index in [0.29, 0.717) is 0 Å². The minimum absolute atomic E-state index is 0.977. The maximum absolute atomic E-state index is 4.75. The highest BCUT2D eigenvalue weighted by Gasteiger charge is 2.16. The minimum atomic E-state index is 0.977. The number of rotatable bonds is 4. The van der Waals surface area contributed by atoms with Gasteiger partial charge in [0.25, 0.3) is 0 Å². The summed E-state index contributed by atoms with van der Waals surface area (Å²) in [5.74, 6) is 0. The number of nitrogens with zero attached hydrogens (tertiary/aromatic N) is 3. The van der Waals surface area contributed by atoms with E-state index in [0.717, 1.165) is 33.3 Å². The summed E-state index contributed by atoms with van der Waals surface area (Å²) >= 11 is 0. The summed E-state index contributed by atoms with van der Waals surface area (Å²) in [7, 11) is 0. The highest BCUT2D eigenvalue weighted by Crippen LogP contribution is 2.41. The molecule has 0 atom stereocenters. The largest absolute Gasteiger partial charge is 0.264 e. The van der Waals surface area contributed by atoms with Gasteiger partial charge >= 0.3 is 0 Å². The molecule has 0 aliphatic carbocycles. The third kappa shape index (κ3) is 4.13. The molecule has 0 N–H and O–H groups in total. The molecule has 0 bridgehead atoms. The van der Waals surface area contributed by atoms with E-state index in [1.54, 1.807) is 0 Å². The quantitative estimate of drug-likeness (QED) is 0.220. The van der Waals surface area contributed by atoms with Crippen LogP contribution < -0.4 is 0 Å². The van der Waals surface area contributed by atoms with E-state index in [1.807, 2.05) is 49.1 Å². The number of hydrogen-bond acceptors (Lipinski definition) is 3. The Balaban J connectivity index is 1.47. The molecule has 4 aromatic carbocycles. The number of hydrogen-bond donors (Lipinski definition) is 0. The number of aryl methyl sites for hydroxylation is 1. The summed E-state index contributed by atoms with van der Waals surface area (Å²) in [5, 5.41) is 3.57. The molecule has 0 fully saturated rings. The molecule has 3 heteroatoms. The van der Waals surface area contributed by atoms with Gasteiger partial charge in [-0.25, -0.2) is 0 Å². The summed E-state index contributed by atoms with van der Waals surface area (Å²) in [6.45, 7) is 4.44. The van der Waals surface area contributed by atoms with Gasteiger partial charge in [-0.15, -0.1) is 0 Å². The number of aromatic nitrogens is 3. The van der Waals surface area contributed by atoms with Crippen molar-refractivity contribution in [1.82, 2.24) is 15.0 Å². The maximum atomic E-state index is 4.75. The Morgan fingerprint density at radius 2 is 1.35 bits per heavy atom. The average Bonchev–Trinajstić information content (AvgIpc) is 3.02. The summed E-state index contributed by atoms with van der Waals surface area (Å²) in [6.07, 6.45) is 7.46. The van der Waals surface area contributed by atoms with Crippen LogP contribution in [0.3, 0.4) is 0 Å². The molecular weight excluding hydrogens is 486 g/mol. The average molecular weight is 514 g/mol. The molecule has 0 unspecified atom stereocenters. The summed E-state index contributed by atoms with van der Waals surface area (Å²) in [5.41, 5.74) is 12.7. The van der Waals surface area contributed by atoms with Crippen molar-refractivity contribution in [3.8, 4) is 44.6 Å². The van der Waals surface area contributed by atoms with E-state index in [1.165, 1.54) is 44.2 Å². The lowest BCUT2D eigenvalue weighted by molar-refractivity contribution is 1.32. The summed E-state index contributed by atoms with van der Waals surface area (Å²) in [4.78, 5) is 13.7. The zero-order valence-electron chi connectivity index (χ0n) is 22.5. The normalized spacial score (nSPS) is 11.2. The summed E-state index contributed by atoms with van der Waals surface area (Å²) < 4.78 is 0. The molecule has 3 aromatic heterocycles. The van der Waals surface area contributed by atoms with Gasteiger partial charge in [0.1, 0.15) is 0 Å². The van der Waals surface area contributed by atoms with Crippen molar-refractivity contribution in [2.24, 2.45) is 0 Å². The van der Waals surface area contributed by atoms with E-state index in [9.17, 15) is 0 Å². The Hall–Kier alpha value is -5.15.